The summed E-state index contributed by atoms with van der Waals surface area (Å²) < 4.78 is 1.58. The third-order valence-corrected chi connectivity index (χ3v) is 7.61. The normalized spacial score (nSPS) is 14.9. The molecule has 0 radical (unpaired) electrons. The van der Waals surface area contributed by atoms with E-state index in [1.165, 1.54) is 5.56 Å². The van der Waals surface area contributed by atoms with Crippen LogP contribution < -0.4 is 21.9 Å². The number of nitrogens with two attached hydrogens (primary N) is 1. The Labute approximate surface area is 233 Å². The molecule has 206 valence electrons. The minimum absolute atomic E-state index is 0.0834. The van der Waals surface area contributed by atoms with E-state index in [1.54, 1.807) is 10.8 Å². The molecule has 0 bridgehead atoms. The highest BCUT2D eigenvalue weighted by Gasteiger charge is 2.31. The fourth-order valence-electron chi connectivity index (χ4n) is 5.15. The Kier molecular flexibility index (Phi) is 7.64. The van der Waals surface area contributed by atoms with Crippen LogP contribution in [-0.4, -0.2) is 32.0 Å². The predicted octanol–water partition coefficient (Wildman–Crippen LogP) is 3.90. The van der Waals surface area contributed by atoms with Gasteiger partial charge in [-0.25, -0.2) is 9.97 Å². The zero-order valence-corrected chi connectivity index (χ0v) is 23.4. The maximum Gasteiger partial charge on any atom is 0.294 e. The Balaban J connectivity index is 1.35. The maximum atomic E-state index is 13.6. The average Bonchev–Trinajstić information content (AvgIpc) is 3.38. The summed E-state index contributed by atoms with van der Waals surface area (Å²) in [6.45, 7) is 8.56. The first-order chi connectivity index (χ1) is 19.2. The molecule has 4 heterocycles. The fourth-order valence-corrected chi connectivity index (χ4v) is 5.15. The molecule has 2 atom stereocenters. The van der Waals surface area contributed by atoms with E-state index in [9.17, 15) is 9.59 Å². The number of carbonyl (C=O) groups is 1. The number of carbonyl (C=O) groups excluding carboxylic acids is 1. The first kappa shape index (κ1) is 27.1. The minimum atomic E-state index is -0.596. The van der Waals surface area contributed by atoms with Crippen molar-refractivity contribution in [2.24, 2.45) is 0 Å². The molecular formula is C31H35N7O2. The lowest BCUT2D eigenvalue weighted by Gasteiger charge is -2.20. The monoisotopic (exact) mass is 537 g/mol. The lowest BCUT2D eigenvalue weighted by molar-refractivity contribution is -0.124. The highest BCUT2D eigenvalue weighted by atomic mass is 16.2. The van der Waals surface area contributed by atoms with Crippen LogP contribution in [0.1, 0.15) is 63.3 Å². The van der Waals surface area contributed by atoms with E-state index in [0.29, 0.717) is 31.7 Å². The van der Waals surface area contributed by atoms with Crippen LogP contribution in [0, 0.1) is 27.7 Å². The molecule has 9 heteroatoms. The summed E-state index contributed by atoms with van der Waals surface area (Å²) >= 11 is 0. The highest BCUT2D eigenvalue weighted by Crippen LogP contribution is 2.26. The predicted molar refractivity (Wildman–Crippen MR) is 156 cm³/mol. The second kappa shape index (κ2) is 11.3. The summed E-state index contributed by atoms with van der Waals surface area (Å²) in [5, 5.41) is 6.26. The van der Waals surface area contributed by atoms with E-state index in [4.69, 9.17) is 5.73 Å². The summed E-state index contributed by atoms with van der Waals surface area (Å²) in [6, 6.07) is 13.7. The molecule has 1 amide bonds. The van der Waals surface area contributed by atoms with Crippen molar-refractivity contribution >= 4 is 17.5 Å². The van der Waals surface area contributed by atoms with Gasteiger partial charge in [0.15, 0.2) is 5.82 Å². The molecule has 1 aliphatic rings. The molecule has 1 aromatic carbocycles. The molecule has 0 saturated heterocycles. The van der Waals surface area contributed by atoms with Gasteiger partial charge in [-0.2, -0.15) is 0 Å². The van der Waals surface area contributed by atoms with Crippen LogP contribution >= 0.6 is 0 Å². The molecular weight excluding hydrogens is 502 g/mol. The number of aromatic nitrogens is 4. The number of pyridine rings is 2. The number of rotatable bonds is 8. The summed E-state index contributed by atoms with van der Waals surface area (Å²) in [5.74, 6) is 0.425. The number of hydrogen-bond acceptors (Lipinski definition) is 7. The summed E-state index contributed by atoms with van der Waals surface area (Å²) in [4.78, 5) is 40.3. The van der Waals surface area contributed by atoms with Crippen LogP contribution in [0.4, 0.5) is 11.6 Å². The summed E-state index contributed by atoms with van der Waals surface area (Å²) in [5.41, 5.74) is 13.2. The van der Waals surface area contributed by atoms with Gasteiger partial charge in [-0.05, 0) is 74.9 Å². The van der Waals surface area contributed by atoms with Gasteiger partial charge < -0.3 is 16.4 Å². The van der Waals surface area contributed by atoms with Crippen molar-refractivity contribution in [1.29, 1.82) is 0 Å². The topological polar surface area (TPSA) is 128 Å². The van der Waals surface area contributed by atoms with E-state index >= 15 is 0 Å². The minimum Gasteiger partial charge on any atom is -0.383 e. The number of anilines is 2. The van der Waals surface area contributed by atoms with E-state index in [0.717, 1.165) is 39.3 Å². The zero-order valence-electron chi connectivity index (χ0n) is 23.4. The third-order valence-electron chi connectivity index (χ3n) is 7.61. The van der Waals surface area contributed by atoms with Crippen LogP contribution in [-0.2, 0) is 17.8 Å². The molecule has 9 nitrogen and oxygen atoms in total. The molecule has 1 aliphatic heterocycles. The lowest BCUT2D eigenvalue weighted by atomic mass is 9.94. The van der Waals surface area contributed by atoms with Crippen molar-refractivity contribution in [2.45, 2.75) is 59.0 Å². The van der Waals surface area contributed by atoms with Gasteiger partial charge in [0.25, 0.3) is 5.56 Å². The number of amides is 1. The Hall–Kier alpha value is -4.53. The van der Waals surface area contributed by atoms with Crippen LogP contribution in [0.3, 0.4) is 0 Å². The number of hydrogen-bond donors (Lipinski definition) is 3. The molecule has 4 aromatic rings. The Bertz CT molecular complexity index is 1550. The van der Waals surface area contributed by atoms with Gasteiger partial charge in [-0.15, -0.1) is 0 Å². The molecule has 0 unspecified atom stereocenters. The second-order valence-electron chi connectivity index (χ2n) is 10.6. The first-order valence-corrected chi connectivity index (χ1v) is 13.5. The number of nitrogens with zero attached hydrogens (tertiary/aromatic N) is 4. The Morgan fingerprint density at radius 3 is 2.52 bits per heavy atom. The van der Waals surface area contributed by atoms with Gasteiger partial charge in [0.05, 0.1) is 0 Å². The largest absolute Gasteiger partial charge is 0.383 e. The van der Waals surface area contributed by atoms with Crippen molar-refractivity contribution in [3.05, 3.63) is 110 Å². The van der Waals surface area contributed by atoms with Gasteiger partial charge in [-0.3, -0.25) is 19.1 Å². The SMILES string of the molecule is Cc1ccc([C@H](CNc2ncc3n(c2=O)[C@H](C(=O)NCc2cc(C)c(N)nc2C)CC3)c2ccc(C)cn2)cc1. The third kappa shape index (κ3) is 5.59. The van der Waals surface area contributed by atoms with Crippen LogP contribution in [0.5, 0.6) is 0 Å². The van der Waals surface area contributed by atoms with Crippen molar-refractivity contribution in [1.82, 2.24) is 24.8 Å². The van der Waals surface area contributed by atoms with Crippen LogP contribution in [0.2, 0.25) is 0 Å². The van der Waals surface area contributed by atoms with Gasteiger partial charge >= 0.3 is 0 Å². The molecule has 0 saturated carbocycles. The fraction of sp³-hybridized carbons (Fsp3) is 0.323. The van der Waals surface area contributed by atoms with Crippen molar-refractivity contribution < 1.29 is 4.79 Å². The number of benzene rings is 1. The highest BCUT2D eigenvalue weighted by molar-refractivity contribution is 5.81. The van der Waals surface area contributed by atoms with Gasteiger partial charge in [0, 0.05) is 48.5 Å². The van der Waals surface area contributed by atoms with Crippen molar-refractivity contribution in [3.63, 3.8) is 0 Å². The number of fused-ring (bicyclic) bond motifs is 1. The van der Waals surface area contributed by atoms with E-state index in [2.05, 4.69) is 56.8 Å². The summed E-state index contributed by atoms with van der Waals surface area (Å²) in [7, 11) is 0. The molecule has 0 spiro atoms. The Morgan fingerprint density at radius 1 is 1.05 bits per heavy atom. The van der Waals surface area contributed by atoms with Crippen molar-refractivity contribution in [2.75, 3.05) is 17.6 Å². The number of aryl methyl sites for hydroxylation is 5. The quantitative estimate of drug-likeness (QED) is 0.311. The standard InChI is InChI=1S/C31H35N7O2/c1-18-5-8-22(9-6-18)25(26-11-7-19(2)14-33-26)17-35-29-31(40)38-24(16-34-29)10-12-27(38)30(39)36-15-23-13-20(3)28(32)37-21(23)4/h5-9,11,13-14,16,25,27H,10,12,15,17H2,1-4H3,(H2,32,37)(H,34,35)(H,36,39)/t25-,27-/m0/s1. The molecule has 3 aromatic heterocycles. The van der Waals surface area contributed by atoms with E-state index < -0.39 is 6.04 Å². The second-order valence-corrected chi connectivity index (χ2v) is 10.6. The smallest absolute Gasteiger partial charge is 0.294 e. The number of nitrogen functional groups attached to an aromatic ring is 1. The lowest BCUT2D eigenvalue weighted by Crippen LogP contribution is -2.36. The maximum absolute atomic E-state index is 13.6. The first-order valence-electron chi connectivity index (χ1n) is 13.5. The number of nitrogens with one attached hydrogen (secondary N) is 2. The molecule has 4 N–H and O–H groups in total. The van der Waals surface area contributed by atoms with E-state index in [1.807, 2.05) is 45.2 Å². The van der Waals surface area contributed by atoms with Gasteiger partial charge in [-0.1, -0.05) is 35.9 Å². The molecule has 5 rings (SSSR count). The van der Waals surface area contributed by atoms with E-state index in [-0.39, 0.29) is 23.2 Å². The van der Waals surface area contributed by atoms with Crippen LogP contribution in [0.15, 0.2) is 59.7 Å². The summed E-state index contributed by atoms with van der Waals surface area (Å²) in [6.07, 6.45) is 4.70. The molecule has 40 heavy (non-hydrogen) atoms. The molecule has 0 aliphatic carbocycles. The zero-order chi connectivity index (χ0) is 28.4. The van der Waals surface area contributed by atoms with Gasteiger partial charge in [0.2, 0.25) is 5.91 Å². The Morgan fingerprint density at radius 2 is 1.80 bits per heavy atom. The molecule has 0 fully saturated rings. The average molecular weight is 538 g/mol. The van der Waals surface area contributed by atoms with Crippen molar-refractivity contribution in [3.8, 4) is 0 Å². The van der Waals surface area contributed by atoms with Crippen LogP contribution in [0.25, 0.3) is 0 Å². The van der Waals surface area contributed by atoms with Gasteiger partial charge in [0.1, 0.15) is 11.9 Å².